The van der Waals surface area contributed by atoms with Crippen molar-refractivity contribution in [1.29, 1.82) is 0 Å². The van der Waals surface area contributed by atoms with E-state index in [2.05, 4.69) is 40.3 Å². The molecule has 5 N–H and O–H groups in total. The maximum Gasteiger partial charge on any atom is 0.310 e. The fourth-order valence-corrected chi connectivity index (χ4v) is 11.5. The van der Waals surface area contributed by atoms with Gasteiger partial charge in [-0.2, -0.15) is 0 Å². The summed E-state index contributed by atoms with van der Waals surface area (Å²) in [6.07, 6.45) is 5.45. The number of rotatable bonds is 4. The maximum absolute atomic E-state index is 12.8. The van der Waals surface area contributed by atoms with E-state index in [9.17, 15) is 30.3 Å². The van der Waals surface area contributed by atoms with E-state index < -0.39 is 41.4 Å². The summed E-state index contributed by atoms with van der Waals surface area (Å²) < 4.78 is 12.0. The number of aliphatic carboxylic acids is 1. The largest absolute Gasteiger partial charge is 0.481 e. The summed E-state index contributed by atoms with van der Waals surface area (Å²) in [7, 11) is 0. The fraction of sp³-hybridized carbons (Fsp3) is 0.853. The number of aliphatic hydroxyl groups is 4. The van der Waals surface area contributed by atoms with Crippen molar-refractivity contribution in [2.45, 2.75) is 123 Å². The summed E-state index contributed by atoms with van der Waals surface area (Å²) in [4.78, 5) is 12.8. The van der Waals surface area contributed by atoms with Gasteiger partial charge in [-0.3, -0.25) is 4.79 Å². The van der Waals surface area contributed by atoms with Crippen molar-refractivity contribution in [2.75, 3.05) is 13.2 Å². The molecule has 5 fully saturated rings. The molecule has 0 amide bonds. The van der Waals surface area contributed by atoms with Crippen molar-refractivity contribution >= 4 is 5.97 Å². The Balaban J connectivity index is 1.31. The van der Waals surface area contributed by atoms with Gasteiger partial charge in [-0.25, -0.2) is 0 Å². The molecule has 1 aliphatic heterocycles. The highest BCUT2D eigenvalue weighted by molar-refractivity contribution is 5.77. The fourth-order valence-electron chi connectivity index (χ4n) is 11.5. The molecule has 0 aromatic carbocycles. The first-order valence-corrected chi connectivity index (χ1v) is 16.2. The molecule has 0 spiro atoms. The van der Waals surface area contributed by atoms with Gasteiger partial charge in [-0.15, -0.1) is 0 Å². The van der Waals surface area contributed by atoms with E-state index in [1.165, 1.54) is 11.1 Å². The van der Waals surface area contributed by atoms with Crippen LogP contribution in [0.5, 0.6) is 0 Å². The Bertz CT molecular complexity index is 1150. The topological polar surface area (TPSA) is 137 Å². The number of fused-ring (bicyclic) bond motifs is 7. The van der Waals surface area contributed by atoms with Crippen LogP contribution in [-0.2, 0) is 14.3 Å². The van der Waals surface area contributed by atoms with E-state index in [0.29, 0.717) is 25.2 Å². The molecule has 1 heterocycles. The van der Waals surface area contributed by atoms with Crippen LogP contribution in [0, 0.1) is 44.8 Å². The van der Waals surface area contributed by atoms with Gasteiger partial charge in [0.25, 0.3) is 0 Å². The second kappa shape index (κ2) is 10.1. The lowest BCUT2D eigenvalue weighted by atomic mass is 9.34. The zero-order valence-electron chi connectivity index (χ0n) is 25.8. The molecule has 0 aromatic heterocycles. The number of carboxylic acids is 1. The highest BCUT2D eigenvalue weighted by Gasteiger charge is 2.69. The van der Waals surface area contributed by atoms with Crippen molar-refractivity contribution in [3.8, 4) is 0 Å². The molecule has 6 rings (SSSR count). The van der Waals surface area contributed by atoms with Crippen LogP contribution >= 0.6 is 0 Å². The second-order valence-electron chi connectivity index (χ2n) is 15.8. The van der Waals surface area contributed by atoms with Gasteiger partial charge in [-0.05, 0) is 92.3 Å². The van der Waals surface area contributed by atoms with Gasteiger partial charge in [0.1, 0.15) is 18.3 Å². The summed E-state index contributed by atoms with van der Waals surface area (Å²) in [5.41, 5.74) is 1.13. The molecule has 0 bridgehead atoms. The van der Waals surface area contributed by atoms with E-state index >= 15 is 0 Å². The van der Waals surface area contributed by atoms with Gasteiger partial charge < -0.3 is 35.0 Å². The monoisotopic (exact) mass is 588 g/mol. The molecule has 13 atom stereocenters. The number of carboxylic acid groups (broad SMARTS) is 1. The van der Waals surface area contributed by atoms with E-state index in [-0.39, 0.29) is 47.4 Å². The average molecular weight is 589 g/mol. The van der Waals surface area contributed by atoms with Crippen molar-refractivity contribution in [2.24, 2.45) is 44.8 Å². The third kappa shape index (κ3) is 3.97. The molecule has 0 radical (unpaired) electrons. The molecular formula is C34H52O8. The van der Waals surface area contributed by atoms with Crippen LogP contribution in [0.4, 0.5) is 0 Å². The van der Waals surface area contributed by atoms with Gasteiger partial charge in [0.2, 0.25) is 0 Å². The summed E-state index contributed by atoms with van der Waals surface area (Å²) in [6, 6.07) is 0. The number of allylic oxidation sites excluding steroid dienone is 3. The first-order chi connectivity index (χ1) is 19.7. The van der Waals surface area contributed by atoms with Crippen molar-refractivity contribution in [3.05, 3.63) is 23.8 Å². The van der Waals surface area contributed by atoms with Gasteiger partial charge in [0, 0.05) is 11.3 Å². The van der Waals surface area contributed by atoms with Gasteiger partial charge in [0.15, 0.2) is 6.29 Å². The van der Waals surface area contributed by atoms with Crippen molar-refractivity contribution in [1.82, 2.24) is 0 Å². The minimum atomic E-state index is -1.36. The van der Waals surface area contributed by atoms with Crippen molar-refractivity contribution < 1.29 is 39.8 Å². The van der Waals surface area contributed by atoms with Gasteiger partial charge in [-0.1, -0.05) is 51.5 Å². The van der Waals surface area contributed by atoms with Gasteiger partial charge in [0.05, 0.1) is 24.7 Å². The molecule has 1 saturated heterocycles. The highest BCUT2D eigenvalue weighted by atomic mass is 16.7. The predicted molar refractivity (Wildman–Crippen MR) is 156 cm³/mol. The number of hydrogen-bond acceptors (Lipinski definition) is 7. The number of aliphatic hydroxyl groups excluding tert-OH is 4. The van der Waals surface area contributed by atoms with E-state index in [1.807, 2.05) is 0 Å². The summed E-state index contributed by atoms with van der Waals surface area (Å²) >= 11 is 0. The molecule has 0 unspecified atom stereocenters. The standard InChI is InChI=1S/C34H52O8/c1-19-8-13-34(29(39)40)15-14-32(4)20(21(34)16-19)6-7-24-30(2)11-10-25(42-28-27(38)26(37)22(36)17-41-28)31(3,18-35)23(30)9-12-33(24,32)5/h6,21-28,35-38H,1,7-18H2,2-5H3,(H,39,40)/t21-,22+,23+,24-,25+,26+,27-,28-,30+,31+,32-,33-,34+/m1/s1. The smallest absolute Gasteiger partial charge is 0.310 e. The minimum Gasteiger partial charge on any atom is -0.481 e. The van der Waals surface area contributed by atoms with Crippen LogP contribution in [0.2, 0.25) is 0 Å². The lowest BCUT2D eigenvalue weighted by molar-refractivity contribution is -0.312. The van der Waals surface area contributed by atoms with Crippen LogP contribution in [-0.4, -0.2) is 75.4 Å². The zero-order valence-corrected chi connectivity index (χ0v) is 25.8. The Kier molecular flexibility index (Phi) is 7.40. The molecule has 6 aliphatic rings. The average Bonchev–Trinajstić information content (AvgIpc) is 2.95. The number of hydrogen-bond donors (Lipinski definition) is 5. The van der Waals surface area contributed by atoms with Crippen LogP contribution in [0.3, 0.4) is 0 Å². The minimum absolute atomic E-state index is 0.00123. The second-order valence-corrected chi connectivity index (χ2v) is 15.8. The Hall–Kier alpha value is -1.29. The number of carbonyl (C=O) groups is 1. The highest BCUT2D eigenvalue weighted by Crippen LogP contribution is 2.75. The third-order valence-corrected chi connectivity index (χ3v) is 14.3. The number of ether oxygens (including phenoxy) is 2. The Morgan fingerprint density at radius 1 is 1.02 bits per heavy atom. The van der Waals surface area contributed by atoms with Crippen molar-refractivity contribution in [3.63, 3.8) is 0 Å². The lowest BCUT2D eigenvalue weighted by Gasteiger charge is -2.71. The SMILES string of the molecule is C=C1CC[C@]2(C(=O)O)CC[C@]3(C)C(=CC[C@@H]4[C@@]5(C)CC[C@H](O[C@H]6OC[C@H](O)[C@H](O)[C@H]6O)[C@@](C)(CO)[C@H]5CC[C@]43C)[C@H]2C1. The van der Waals surface area contributed by atoms with Crippen LogP contribution in [0.25, 0.3) is 0 Å². The third-order valence-electron chi connectivity index (χ3n) is 14.3. The van der Waals surface area contributed by atoms with Crippen LogP contribution in [0.1, 0.15) is 91.9 Å². The van der Waals surface area contributed by atoms with E-state index in [0.717, 1.165) is 44.9 Å². The molecule has 0 aromatic rings. The van der Waals surface area contributed by atoms with E-state index in [1.54, 1.807) is 0 Å². The molecule has 8 nitrogen and oxygen atoms in total. The summed E-state index contributed by atoms with van der Waals surface area (Å²) in [6.45, 7) is 13.5. The Labute approximate surface area is 250 Å². The summed E-state index contributed by atoms with van der Waals surface area (Å²) in [5.74, 6) is -0.0716. The van der Waals surface area contributed by atoms with Crippen LogP contribution in [0.15, 0.2) is 23.8 Å². The quantitative estimate of drug-likeness (QED) is 0.244. The molecule has 5 aliphatic carbocycles. The maximum atomic E-state index is 12.8. The van der Waals surface area contributed by atoms with Gasteiger partial charge >= 0.3 is 5.97 Å². The molecule has 42 heavy (non-hydrogen) atoms. The lowest BCUT2D eigenvalue weighted by Crippen LogP contribution is -2.66. The Morgan fingerprint density at radius 2 is 1.76 bits per heavy atom. The summed E-state index contributed by atoms with van der Waals surface area (Å²) in [5, 5.41) is 52.1. The molecule has 8 heteroatoms. The zero-order chi connectivity index (χ0) is 30.5. The Morgan fingerprint density at radius 3 is 2.45 bits per heavy atom. The molecule has 4 saturated carbocycles. The van der Waals surface area contributed by atoms with E-state index in [4.69, 9.17) is 9.47 Å². The first-order valence-electron chi connectivity index (χ1n) is 16.2. The first kappa shape index (κ1) is 30.7. The predicted octanol–water partition coefficient (Wildman–Crippen LogP) is 4.20. The normalized spacial score (nSPS) is 54.1. The molecule has 236 valence electrons. The van der Waals surface area contributed by atoms with Crippen LogP contribution < -0.4 is 0 Å². The molecular weight excluding hydrogens is 536 g/mol.